The predicted molar refractivity (Wildman–Crippen MR) is 144 cm³/mol. The van der Waals surface area contributed by atoms with E-state index >= 15 is 0 Å². The Kier molecular flexibility index (Phi) is 7.71. The Morgan fingerprint density at radius 1 is 0.975 bits per heavy atom. The number of nitrogens with zero attached hydrogens (tertiary/aromatic N) is 2. The van der Waals surface area contributed by atoms with E-state index in [9.17, 15) is 19.2 Å². The summed E-state index contributed by atoms with van der Waals surface area (Å²) in [5.41, 5.74) is 3.24. The van der Waals surface area contributed by atoms with Crippen molar-refractivity contribution in [3.8, 4) is 11.1 Å². The molecule has 0 amide bonds. The van der Waals surface area contributed by atoms with E-state index in [0.29, 0.717) is 4.64 Å². The molecule has 5 atom stereocenters. The quantitative estimate of drug-likeness (QED) is 0.186. The van der Waals surface area contributed by atoms with Crippen LogP contribution in [0.25, 0.3) is 21.3 Å². The molecule has 1 fully saturated rings. The zero-order valence-corrected chi connectivity index (χ0v) is 23.7. The highest BCUT2D eigenvalue weighted by Crippen LogP contribution is 2.46. The number of aromatic nitrogens is 2. The van der Waals surface area contributed by atoms with Gasteiger partial charge in [-0.05, 0) is 11.1 Å². The van der Waals surface area contributed by atoms with Gasteiger partial charge in [0.15, 0.2) is 24.5 Å². The van der Waals surface area contributed by atoms with Gasteiger partial charge in [-0.15, -0.1) is 11.3 Å². The maximum atomic E-state index is 12.2. The van der Waals surface area contributed by atoms with E-state index in [-0.39, 0.29) is 6.61 Å². The van der Waals surface area contributed by atoms with Gasteiger partial charge >= 0.3 is 23.9 Å². The molecular formula is C27H26N2O9S2. The highest BCUT2D eigenvalue weighted by molar-refractivity contribution is 7.71. The van der Waals surface area contributed by atoms with Crippen LogP contribution in [0.4, 0.5) is 0 Å². The Labute approximate surface area is 237 Å². The fourth-order valence-corrected chi connectivity index (χ4v) is 6.75. The van der Waals surface area contributed by atoms with Gasteiger partial charge in [-0.3, -0.25) is 23.7 Å². The first-order chi connectivity index (χ1) is 19.0. The Morgan fingerprint density at radius 3 is 2.30 bits per heavy atom. The van der Waals surface area contributed by atoms with Gasteiger partial charge in [-0.1, -0.05) is 36.5 Å². The molecule has 1 aromatic carbocycles. The fraction of sp³-hybridized carbons (Fsp3) is 0.407. The lowest BCUT2D eigenvalue weighted by atomic mass is 9.97. The number of hydrogen-bond acceptors (Lipinski definition) is 12. The van der Waals surface area contributed by atoms with Crippen molar-refractivity contribution in [2.75, 3.05) is 6.61 Å². The second-order valence-electron chi connectivity index (χ2n) is 9.46. The molecule has 0 unspecified atom stereocenters. The molecular weight excluding hydrogens is 560 g/mol. The molecule has 3 aromatic rings. The Morgan fingerprint density at radius 2 is 1.62 bits per heavy atom. The summed E-state index contributed by atoms with van der Waals surface area (Å²) in [6.07, 6.45) is -3.88. The first-order valence-corrected chi connectivity index (χ1v) is 13.7. The van der Waals surface area contributed by atoms with Crippen molar-refractivity contribution in [2.45, 2.75) is 64.8 Å². The predicted octanol–water partition coefficient (Wildman–Crippen LogP) is 3.65. The highest BCUT2D eigenvalue weighted by Gasteiger charge is 2.53. The first-order valence-electron chi connectivity index (χ1n) is 12.5. The first kappa shape index (κ1) is 27.9. The molecule has 0 saturated carbocycles. The highest BCUT2D eigenvalue weighted by atomic mass is 32.1. The van der Waals surface area contributed by atoms with Crippen molar-refractivity contribution in [1.82, 2.24) is 9.55 Å². The number of hydrogen-bond donors (Lipinski definition) is 0. The average molecular weight is 587 g/mol. The van der Waals surface area contributed by atoms with E-state index in [0.717, 1.165) is 32.6 Å². The Hall–Kier alpha value is -3.68. The molecule has 0 spiro atoms. The Bertz CT molecular complexity index is 1580. The second kappa shape index (κ2) is 11.1. The topological polar surface area (TPSA) is 132 Å². The third-order valence-corrected chi connectivity index (χ3v) is 8.10. The molecule has 1 saturated heterocycles. The smallest absolute Gasteiger partial charge is 0.303 e. The van der Waals surface area contributed by atoms with Gasteiger partial charge in [-0.2, -0.15) is 0 Å². The SMILES string of the molecule is CC(=O)OC[C@H]1O[C@@H](n2cnc3sc4c(c3c2=S)-c2ccccc2C4)[C@H](OC(C)=O)[C@@H](OC(C)=O)[C@@H]1OC(C)=O. The largest absolute Gasteiger partial charge is 0.463 e. The second-order valence-corrected chi connectivity index (χ2v) is 10.9. The minimum Gasteiger partial charge on any atom is -0.463 e. The normalized spacial score (nSPS) is 23.1. The van der Waals surface area contributed by atoms with Crippen LogP contribution in [0.3, 0.4) is 0 Å². The average Bonchev–Trinajstić information content (AvgIpc) is 3.41. The fourth-order valence-electron chi connectivity index (χ4n) is 5.16. The molecule has 0 radical (unpaired) electrons. The van der Waals surface area contributed by atoms with E-state index in [1.165, 1.54) is 44.2 Å². The number of thiophene rings is 1. The van der Waals surface area contributed by atoms with Gasteiger partial charge in [-0.25, -0.2) is 4.98 Å². The monoisotopic (exact) mass is 586 g/mol. The summed E-state index contributed by atoms with van der Waals surface area (Å²) in [5, 5.41) is 0.746. The maximum absolute atomic E-state index is 12.2. The lowest BCUT2D eigenvalue weighted by Crippen LogP contribution is -2.60. The van der Waals surface area contributed by atoms with Crippen molar-refractivity contribution in [1.29, 1.82) is 0 Å². The summed E-state index contributed by atoms with van der Waals surface area (Å²) in [6.45, 7) is 4.42. The zero-order chi connectivity index (χ0) is 28.7. The lowest BCUT2D eigenvalue weighted by Gasteiger charge is -2.44. The molecule has 1 aliphatic carbocycles. The molecule has 2 aromatic heterocycles. The van der Waals surface area contributed by atoms with Crippen molar-refractivity contribution >= 4 is 57.6 Å². The minimum absolute atomic E-state index is 0.335. The third-order valence-electron chi connectivity index (χ3n) is 6.59. The van der Waals surface area contributed by atoms with E-state index in [2.05, 4.69) is 11.1 Å². The van der Waals surface area contributed by atoms with E-state index in [4.69, 9.17) is 35.9 Å². The summed E-state index contributed by atoms with van der Waals surface area (Å²) in [4.78, 5) is 54.6. The van der Waals surface area contributed by atoms with Gasteiger partial charge in [0.05, 0.1) is 11.7 Å². The molecule has 13 heteroatoms. The Balaban J connectivity index is 1.66. The number of carbonyl (C=O) groups is 4. The van der Waals surface area contributed by atoms with E-state index in [1.54, 1.807) is 11.3 Å². The van der Waals surface area contributed by atoms with Crippen molar-refractivity contribution in [3.05, 3.63) is 45.7 Å². The van der Waals surface area contributed by atoms with Crippen molar-refractivity contribution in [2.24, 2.45) is 0 Å². The summed E-state index contributed by atoms with van der Waals surface area (Å²) in [5.74, 6) is -2.71. The van der Waals surface area contributed by atoms with Crippen LogP contribution in [-0.4, -0.2) is 64.5 Å². The van der Waals surface area contributed by atoms with E-state index in [1.807, 2.05) is 18.2 Å². The summed E-state index contributed by atoms with van der Waals surface area (Å²) in [6, 6.07) is 8.06. The molecule has 5 rings (SSSR count). The van der Waals surface area contributed by atoms with Crippen LogP contribution in [0.2, 0.25) is 0 Å². The molecule has 1 aliphatic heterocycles. The summed E-state index contributed by atoms with van der Waals surface area (Å²) in [7, 11) is 0. The van der Waals surface area contributed by atoms with Crippen LogP contribution in [0.1, 0.15) is 44.4 Å². The van der Waals surface area contributed by atoms with Gasteiger partial charge in [0.25, 0.3) is 0 Å². The number of carbonyl (C=O) groups excluding carboxylic acids is 4. The number of esters is 4. The molecule has 11 nitrogen and oxygen atoms in total. The van der Waals surface area contributed by atoms with Crippen LogP contribution >= 0.6 is 23.6 Å². The van der Waals surface area contributed by atoms with Crippen LogP contribution in [0.15, 0.2) is 30.6 Å². The van der Waals surface area contributed by atoms with Crippen molar-refractivity contribution in [3.63, 3.8) is 0 Å². The van der Waals surface area contributed by atoms with Gasteiger partial charge in [0.1, 0.15) is 22.2 Å². The molecule has 40 heavy (non-hydrogen) atoms. The number of fused-ring (bicyclic) bond motifs is 5. The number of ether oxygens (including phenoxy) is 5. The molecule has 3 heterocycles. The van der Waals surface area contributed by atoms with Crippen LogP contribution < -0.4 is 0 Å². The molecule has 0 N–H and O–H groups in total. The molecule has 0 bridgehead atoms. The molecule has 210 valence electrons. The van der Waals surface area contributed by atoms with Crippen LogP contribution in [0.5, 0.6) is 0 Å². The van der Waals surface area contributed by atoms with Crippen molar-refractivity contribution < 1.29 is 42.9 Å². The summed E-state index contributed by atoms with van der Waals surface area (Å²) >= 11 is 7.52. The maximum Gasteiger partial charge on any atom is 0.303 e. The van der Waals surface area contributed by atoms with Gasteiger partial charge in [0, 0.05) is 44.6 Å². The number of rotatable bonds is 6. The molecule has 2 aliphatic rings. The minimum atomic E-state index is -1.31. The number of benzene rings is 1. The lowest BCUT2D eigenvalue weighted by molar-refractivity contribution is -0.268. The standard InChI is InChI=1S/C27H26N2O9S2/c1-12(30)34-10-18-22(35-13(2)31)23(36-14(3)32)24(37-15(4)33)26(38-18)29-11-28-25-21(27(29)39)20-17-8-6-5-7-16(17)9-19(20)40-25/h5-8,11,18,22-24,26H,9-10H2,1-4H3/t18-,22-,23+,24-,26-/m1/s1. The third kappa shape index (κ3) is 5.23. The zero-order valence-electron chi connectivity index (χ0n) is 22.1. The van der Waals surface area contributed by atoms with Crippen LogP contribution in [-0.2, 0) is 49.3 Å². The van der Waals surface area contributed by atoms with Gasteiger partial charge < -0.3 is 23.7 Å². The van der Waals surface area contributed by atoms with Gasteiger partial charge in [0.2, 0.25) is 0 Å². The summed E-state index contributed by atoms with van der Waals surface area (Å²) < 4.78 is 30.0. The van der Waals surface area contributed by atoms with E-state index < -0.39 is 54.5 Å². The van der Waals surface area contributed by atoms with Crippen LogP contribution in [0, 0.1) is 4.64 Å².